The van der Waals surface area contributed by atoms with Gasteiger partial charge in [0.1, 0.15) is 5.75 Å². The van der Waals surface area contributed by atoms with Crippen molar-refractivity contribution in [2.24, 2.45) is 0 Å². The number of carbonyl (C=O) groups is 1. The summed E-state index contributed by atoms with van der Waals surface area (Å²) in [5.41, 5.74) is 0. The van der Waals surface area contributed by atoms with Crippen molar-refractivity contribution in [3.05, 3.63) is 28.2 Å². The third kappa shape index (κ3) is 6.83. The van der Waals surface area contributed by atoms with Crippen LogP contribution in [0, 0.1) is 0 Å². The number of amides is 1. The zero-order chi connectivity index (χ0) is 16.5. The predicted molar refractivity (Wildman–Crippen MR) is 88.5 cm³/mol. The van der Waals surface area contributed by atoms with Crippen LogP contribution >= 0.6 is 23.2 Å². The van der Waals surface area contributed by atoms with Crippen LogP contribution in [-0.4, -0.2) is 65.8 Å². The number of hydrogen-bond donors (Lipinski definition) is 2. The van der Waals surface area contributed by atoms with Crippen molar-refractivity contribution in [3.63, 3.8) is 0 Å². The summed E-state index contributed by atoms with van der Waals surface area (Å²) in [6, 6.07) is 4.41. The quantitative estimate of drug-likeness (QED) is 0.875. The molecule has 1 heterocycles. The van der Waals surface area contributed by atoms with Crippen molar-refractivity contribution >= 4 is 29.1 Å². The van der Waals surface area contributed by atoms with Crippen LogP contribution in [-0.2, 0) is 4.79 Å². The van der Waals surface area contributed by atoms with Crippen molar-refractivity contribution in [2.75, 3.05) is 39.8 Å². The highest BCUT2D eigenvalue weighted by molar-refractivity contribution is 6.42. The molecule has 0 aliphatic carbocycles. The summed E-state index contributed by atoms with van der Waals surface area (Å²) in [6.45, 7) is 2.93. The maximum absolute atomic E-state index is 11.5. The van der Waals surface area contributed by atoms with Gasteiger partial charge in [0.2, 0.25) is 5.91 Å². The number of likely N-dealkylation sites (tertiary alicyclic amines) is 1. The Labute approximate surface area is 141 Å². The van der Waals surface area contributed by atoms with E-state index in [9.17, 15) is 4.79 Å². The zero-order valence-electron chi connectivity index (χ0n) is 12.6. The molecule has 7 heteroatoms. The van der Waals surface area contributed by atoms with Crippen LogP contribution in [0.4, 0.5) is 0 Å². The first-order valence-corrected chi connectivity index (χ1v) is 7.91. The number of likely N-dealkylation sites (N-methyl/N-ethyl adjacent to an activating group) is 1. The molecule has 1 aliphatic rings. The van der Waals surface area contributed by atoms with Gasteiger partial charge in [-0.15, -0.1) is 0 Å². The van der Waals surface area contributed by atoms with Crippen LogP contribution < -0.4 is 0 Å². The second-order valence-corrected chi connectivity index (χ2v) is 5.96. The molecule has 0 atom stereocenters. The van der Waals surface area contributed by atoms with E-state index < -0.39 is 0 Å². The Morgan fingerprint density at radius 1 is 1.27 bits per heavy atom. The molecule has 0 saturated carbocycles. The molecule has 0 radical (unpaired) electrons. The largest absolute Gasteiger partial charge is 0.508 e. The Kier molecular flexibility index (Phi) is 8.56. The number of nitrogens with zero attached hydrogens (tertiary/aromatic N) is 2. The molecular formula is C15H22Cl2N2O3. The number of benzene rings is 1. The SMILES string of the molecule is CN(CCO)CC(=O)N1CCCC1.Oc1ccc(Cl)c(Cl)c1. The molecule has 1 fully saturated rings. The Balaban J connectivity index is 0.000000235. The van der Waals surface area contributed by atoms with Crippen LogP contribution in [0.2, 0.25) is 10.0 Å². The fraction of sp³-hybridized carbons (Fsp3) is 0.533. The first-order valence-electron chi connectivity index (χ1n) is 7.15. The Hall–Kier alpha value is -1.01. The summed E-state index contributed by atoms with van der Waals surface area (Å²) in [7, 11) is 1.85. The van der Waals surface area contributed by atoms with Crippen LogP contribution in [0.15, 0.2) is 18.2 Å². The zero-order valence-corrected chi connectivity index (χ0v) is 14.1. The fourth-order valence-corrected chi connectivity index (χ4v) is 2.32. The van der Waals surface area contributed by atoms with Gasteiger partial charge in [-0.25, -0.2) is 0 Å². The molecule has 2 rings (SSSR count). The molecule has 0 aromatic heterocycles. The maximum Gasteiger partial charge on any atom is 0.236 e. The topological polar surface area (TPSA) is 64.0 Å². The maximum atomic E-state index is 11.5. The normalized spacial score (nSPS) is 14.0. The van der Waals surface area contributed by atoms with Crippen LogP contribution in [0.3, 0.4) is 0 Å². The summed E-state index contributed by atoms with van der Waals surface area (Å²) in [5, 5.41) is 18.3. The third-order valence-corrected chi connectivity index (χ3v) is 3.99. The minimum absolute atomic E-state index is 0.115. The number of phenols is 1. The molecule has 22 heavy (non-hydrogen) atoms. The number of aliphatic hydroxyl groups excluding tert-OH is 1. The number of phenolic OH excluding ortho intramolecular Hbond substituents is 1. The molecule has 2 N–H and O–H groups in total. The molecule has 1 saturated heterocycles. The molecule has 0 spiro atoms. The lowest BCUT2D eigenvalue weighted by Gasteiger charge is -2.20. The van der Waals surface area contributed by atoms with Gasteiger partial charge in [0.25, 0.3) is 0 Å². The highest BCUT2D eigenvalue weighted by Crippen LogP contribution is 2.25. The van der Waals surface area contributed by atoms with E-state index in [2.05, 4.69) is 0 Å². The van der Waals surface area contributed by atoms with E-state index in [1.807, 2.05) is 16.8 Å². The number of aliphatic hydroxyl groups is 1. The number of carbonyl (C=O) groups excluding carboxylic acids is 1. The number of hydrogen-bond acceptors (Lipinski definition) is 4. The number of aromatic hydroxyl groups is 1. The molecule has 0 bridgehead atoms. The van der Waals surface area contributed by atoms with Crippen LogP contribution in [0.25, 0.3) is 0 Å². The van der Waals surface area contributed by atoms with Gasteiger partial charge in [-0.2, -0.15) is 0 Å². The first kappa shape index (κ1) is 19.0. The number of rotatable bonds is 4. The minimum atomic E-state index is 0.115. The van der Waals surface area contributed by atoms with Gasteiger partial charge < -0.3 is 15.1 Å². The summed E-state index contributed by atoms with van der Waals surface area (Å²) in [5.74, 6) is 0.317. The Bertz CT molecular complexity index is 480. The van der Waals surface area contributed by atoms with E-state index in [-0.39, 0.29) is 18.3 Å². The van der Waals surface area contributed by atoms with E-state index in [1.54, 1.807) is 6.07 Å². The number of halogens is 2. The molecule has 0 unspecified atom stereocenters. The molecule has 124 valence electrons. The van der Waals surface area contributed by atoms with Crippen molar-refractivity contribution < 1.29 is 15.0 Å². The van der Waals surface area contributed by atoms with E-state index in [4.69, 9.17) is 33.4 Å². The van der Waals surface area contributed by atoms with Gasteiger partial charge in [-0.05, 0) is 38.1 Å². The van der Waals surface area contributed by atoms with Crippen molar-refractivity contribution in [1.29, 1.82) is 0 Å². The van der Waals surface area contributed by atoms with Crippen molar-refractivity contribution in [1.82, 2.24) is 9.80 Å². The van der Waals surface area contributed by atoms with Gasteiger partial charge in [0.15, 0.2) is 0 Å². The smallest absolute Gasteiger partial charge is 0.236 e. The summed E-state index contributed by atoms with van der Waals surface area (Å²) < 4.78 is 0. The highest BCUT2D eigenvalue weighted by atomic mass is 35.5. The van der Waals surface area contributed by atoms with E-state index in [1.165, 1.54) is 12.1 Å². The molecule has 1 aromatic rings. The van der Waals surface area contributed by atoms with Gasteiger partial charge in [0.05, 0.1) is 23.2 Å². The first-order chi connectivity index (χ1) is 10.4. The second-order valence-electron chi connectivity index (χ2n) is 5.15. The summed E-state index contributed by atoms with van der Waals surface area (Å²) in [4.78, 5) is 15.3. The standard InChI is InChI=1S/C9H18N2O2.C6H4Cl2O/c1-10(6-7-12)8-9(13)11-4-2-3-5-11;7-5-2-1-4(9)3-6(5)8/h12H,2-8H2,1H3;1-3,9H. The monoisotopic (exact) mass is 348 g/mol. The second kappa shape index (κ2) is 9.90. The lowest BCUT2D eigenvalue weighted by molar-refractivity contribution is -0.131. The summed E-state index contributed by atoms with van der Waals surface area (Å²) in [6.07, 6.45) is 2.27. The summed E-state index contributed by atoms with van der Waals surface area (Å²) >= 11 is 11.1. The van der Waals surface area contributed by atoms with Gasteiger partial charge in [0, 0.05) is 19.6 Å². The lowest BCUT2D eigenvalue weighted by Crippen LogP contribution is -2.38. The Morgan fingerprint density at radius 2 is 1.91 bits per heavy atom. The average molecular weight is 349 g/mol. The average Bonchev–Trinajstić information content (AvgIpc) is 2.98. The van der Waals surface area contributed by atoms with Crippen molar-refractivity contribution in [2.45, 2.75) is 12.8 Å². The van der Waals surface area contributed by atoms with E-state index >= 15 is 0 Å². The van der Waals surface area contributed by atoms with E-state index in [0.29, 0.717) is 23.1 Å². The lowest BCUT2D eigenvalue weighted by atomic mass is 10.3. The van der Waals surface area contributed by atoms with Gasteiger partial charge in [-0.1, -0.05) is 23.2 Å². The third-order valence-electron chi connectivity index (χ3n) is 3.25. The van der Waals surface area contributed by atoms with Gasteiger partial charge in [-0.3, -0.25) is 9.69 Å². The highest BCUT2D eigenvalue weighted by Gasteiger charge is 2.18. The van der Waals surface area contributed by atoms with Crippen LogP contribution in [0.5, 0.6) is 5.75 Å². The van der Waals surface area contributed by atoms with Crippen LogP contribution in [0.1, 0.15) is 12.8 Å². The van der Waals surface area contributed by atoms with E-state index in [0.717, 1.165) is 25.9 Å². The van der Waals surface area contributed by atoms with Gasteiger partial charge >= 0.3 is 0 Å². The molecule has 1 aliphatic heterocycles. The molecule has 5 nitrogen and oxygen atoms in total. The Morgan fingerprint density at radius 3 is 2.41 bits per heavy atom. The molecule has 1 amide bonds. The predicted octanol–water partition coefficient (Wildman–Crippen LogP) is 2.23. The minimum Gasteiger partial charge on any atom is -0.508 e. The molecular weight excluding hydrogens is 327 g/mol. The fourth-order valence-electron chi connectivity index (χ4n) is 2.03. The van der Waals surface area contributed by atoms with Crippen molar-refractivity contribution in [3.8, 4) is 5.75 Å². The molecule has 1 aromatic carbocycles.